The lowest BCUT2D eigenvalue weighted by Gasteiger charge is -2.13. The predicted octanol–water partition coefficient (Wildman–Crippen LogP) is 1.91. The molecule has 5 heteroatoms. The van der Waals surface area contributed by atoms with E-state index in [9.17, 15) is 5.11 Å². The fourth-order valence-electron chi connectivity index (χ4n) is 2.01. The second-order valence-corrected chi connectivity index (χ2v) is 5.20. The molecule has 0 radical (unpaired) electrons. The zero-order chi connectivity index (χ0) is 13.8. The highest BCUT2D eigenvalue weighted by Gasteiger charge is 2.14. The van der Waals surface area contributed by atoms with Crippen LogP contribution in [0.4, 0.5) is 0 Å². The number of hydrogen-bond donors (Lipinski definition) is 1. The molecule has 102 valence electrons. The van der Waals surface area contributed by atoms with Crippen molar-refractivity contribution in [1.29, 1.82) is 0 Å². The third kappa shape index (κ3) is 3.61. The highest BCUT2D eigenvalue weighted by molar-refractivity contribution is 5.18. The molecule has 0 fully saturated rings. The second kappa shape index (κ2) is 5.93. The molecule has 2 rings (SSSR count). The van der Waals surface area contributed by atoms with Crippen molar-refractivity contribution in [1.82, 2.24) is 19.7 Å². The summed E-state index contributed by atoms with van der Waals surface area (Å²) in [6, 6.07) is 3.73. The molecule has 5 nitrogen and oxygen atoms in total. The maximum atomic E-state index is 10.3. The summed E-state index contributed by atoms with van der Waals surface area (Å²) >= 11 is 0. The quantitative estimate of drug-likeness (QED) is 0.892. The van der Waals surface area contributed by atoms with Crippen LogP contribution in [0.15, 0.2) is 24.7 Å². The van der Waals surface area contributed by atoms with Crippen molar-refractivity contribution in [3.8, 4) is 0 Å². The minimum absolute atomic E-state index is 0.468. The van der Waals surface area contributed by atoms with Crippen LogP contribution in [0.25, 0.3) is 0 Å². The van der Waals surface area contributed by atoms with E-state index in [-0.39, 0.29) is 0 Å². The molecule has 0 spiro atoms. The van der Waals surface area contributed by atoms with E-state index in [0.29, 0.717) is 12.3 Å². The molecule has 1 N–H and O–H groups in total. The van der Waals surface area contributed by atoms with Gasteiger partial charge < -0.3 is 5.11 Å². The van der Waals surface area contributed by atoms with E-state index in [1.165, 1.54) is 0 Å². The fraction of sp³-hybridized carbons (Fsp3) is 0.500. The SMILES string of the molecule is Cc1cc(C(O)Cc2ncnn2CC(C)C)ccn1. The van der Waals surface area contributed by atoms with Crippen LogP contribution >= 0.6 is 0 Å². The van der Waals surface area contributed by atoms with Crippen LogP contribution < -0.4 is 0 Å². The Labute approximate surface area is 113 Å². The van der Waals surface area contributed by atoms with Crippen molar-refractivity contribution in [2.45, 2.75) is 39.8 Å². The summed E-state index contributed by atoms with van der Waals surface area (Å²) in [5.74, 6) is 1.32. The van der Waals surface area contributed by atoms with E-state index >= 15 is 0 Å². The number of aliphatic hydroxyl groups is 1. The van der Waals surface area contributed by atoms with Crippen LogP contribution in [0.2, 0.25) is 0 Å². The molecule has 0 aliphatic heterocycles. The molecular weight excluding hydrogens is 240 g/mol. The third-order valence-electron chi connectivity index (χ3n) is 2.92. The minimum Gasteiger partial charge on any atom is -0.388 e. The van der Waals surface area contributed by atoms with Crippen LogP contribution in [0.5, 0.6) is 0 Å². The van der Waals surface area contributed by atoms with Gasteiger partial charge in [0.15, 0.2) is 0 Å². The molecule has 0 saturated heterocycles. The summed E-state index contributed by atoms with van der Waals surface area (Å²) in [6.45, 7) is 7.00. The van der Waals surface area contributed by atoms with Crippen molar-refractivity contribution in [2.24, 2.45) is 5.92 Å². The van der Waals surface area contributed by atoms with Gasteiger partial charge in [-0.2, -0.15) is 5.10 Å². The lowest BCUT2D eigenvalue weighted by Crippen LogP contribution is -2.13. The largest absolute Gasteiger partial charge is 0.388 e. The Hall–Kier alpha value is -1.75. The van der Waals surface area contributed by atoms with Gasteiger partial charge in [-0.3, -0.25) is 4.98 Å². The molecule has 0 saturated carbocycles. The Bertz CT molecular complexity index is 536. The minimum atomic E-state index is -0.572. The van der Waals surface area contributed by atoms with Gasteiger partial charge in [-0.1, -0.05) is 13.8 Å². The van der Waals surface area contributed by atoms with Gasteiger partial charge >= 0.3 is 0 Å². The van der Waals surface area contributed by atoms with E-state index in [1.807, 2.05) is 23.7 Å². The van der Waals surface area contributed by atoms with E-state index in [4.69, 9.17) is 0 Å². The summed E-state index contributed by atoms with van der Waals surface area (Å²) in [5, 5.41) is 14.5. The van der Waals surface area contributed by atoms with Gasteiger partial charge in [-0.25, -0.2) is 9.67 Å². The highest BCUT2D eigenvalue weighted by atomic mass is 16.3. The molecule has 1 atom stereocenters. The zero-order valence-corrected chi connectivity index (χ0v) is 11.6. The number of aryl methyl sites for hydroxylation is 1. The van der Waals surface area contributed by atoms with Crippen molar-refractivity contribution >= 4 is 0 Å². The van der Waals surface area contributed by atoms with Crippen LogP contribution in [0.3, 0.4) is 0 Å². The Morgan fingerprint density at radius 3 is 2.79 bits per heavy atom. The monoisotopic (exact) mass is 260 g/mol. The molecule has 1 unspecified atom stereocenters. The molecule has 0 bridgehead atoms. The van der Waals surface area contributed by atoms with Gasteiger partial charge in [0.05, 0.1) is 6.10 Å². The van der Waals surface area contributed by atoms with Crippen molar-refractivity contribution in [3.63, 3.8) is 0 Å². The van der Waals surface area contributed by atoms with Gasteiger partial charge in [0, 0.05) is 24.9 Å². The molecule has 19 heavy (non-hydrogen) atoms. The van der Waals surface area contributed by atoms with E-state index in [1.54, 1.807) is 12.5 Å². The molecule has 0 amide bonds. The van der Waals surface area contributed by atoms with Crippen molar-refractivity contribution < 1.29 is 5.11 Å². The molecule has 2 aromatic rings. The topological polar surface area (TPSA) is 63.8 Å². The first-order valence-electron chi connectivity index (χ1n) is 6.53. The number of rotatable bonds is 5. The first-order chi connectivity index (χ1) is 9.06. The number of aromatic nitrogens is 4. The van der Waals surface area contributed by atoms with Gasteiger partial charge in [0.1, 0.15) is 12.2 Å². The fourth-order valence-corrected chi connectivity index (χ4v) is 2.01. The van der Waals surface area contributed by atoms with E-state index < -0.39 is 6.10 Å². The van der Waals surface area contributed by atoms with Crippen LogP contribution in [0, 0.1) is 12.8 Å². The Morgan fingerprint density at radius 1 is 1.32 bits per heavy atom. The van der Waals surface area contributed by atoms with Crippen LogP contribution in [0.1, 0.15) is 37.0 Å². The summed E-state index contributed by atoms with van der Waals surface area (Å²) in [6.07, 6.45) is 3.15. The molecule has 0 aliphatic carbocycles. The Morgan fingerprint density at radius 2 is 2.11 bits per heavy atom. The number of hydrogen-bond acceptors (Lipinski definition) is 4. The number of pyridine rings is 1. The maximum Gasteiger partial charge on any atom is 0.138 e. The van der Waals surface area contributed by atoms with Crippen LogP contribution in [-0.4, -0.2) is 24.9 Å². The lowest BCUT2D eigenvalue weighted by atomic mass is 10.1. The van der Waals surface area contributed by atoms with E-state index in [2.05, 4.69) is 28.9 Å². The lowest BCUT2D eigenvalue weighted by molar-refractivity contribution is 0.173. The Balaban J connectivity index is 2.10. The smallest absolute Gasteiger partial charge is 0.138 e. The molecule has 0 aromatic carbocycles. The molecular formula is C14H20N4O. The number of nitrogens with zero attached hydrogens (tertiary/aromatic N) is 4. The molecule has 2 aromatic heterocycles. The zero-order valence-electron chi connectivity index (χ0n) is 11.6. The highest BCUT2D eigenvalue weighted by Crippen LogP contribution is 2.17. The molecule has 0 aliphatic rings. The first kappa shape index (κ1) is 13.7. The van der Waals surface area contributed by atoms with Crippen LogP contribution in [-0.2, 0) is 13.0 Å². The average Bonchev–Trinajstić information content (AvgIpc) is 2.75. The normalized spacial score (nSPS) is 12.9. The summed E-state index contributed by atoms with van der Waals surface area (Å²) in [5.41, 5.74) is 1.77. The van der Waals surface area contributed by atoms with Gasteiger partial charge in [0.25, 0.3) is 0 Å². The molecule has 2 heterocycles. The summed E-state index contributed by atoms with van der Waals surface area (Å²) < 4.78 is 1.86. The average molecular weight is 260 g/mol. The Kier molecular flexibility index (Phi) is 4.27. The van der Waals surface area contributed by atoms with Gasteiger partial charge in [0.2, 0.25) is 0 Å². The predicted molar refractivity (Wildman–Crippen MR) is 72.5 cm³/mol. The van der Waals surface area contributed by atoms with Gasteiger partial charge in [-0.05, 0) is 30.5 Å². The first-order valence-corrected chi connectivity index (χ1v) is 6.53. The van der Waals surface area contributed by atoms with Crippen molar-refractivity contribution in [2.75, 3.05) is 0 Å². The summed E-state index contributed by atoms with van der Waals surface area (Å²) in [4.78, 5) is 8.37. The van der Waals surface area contributed by atoms with Gasteiger partial charge in [-0.15, -0.1) is 0 Å². The standard InChI is InChI=1S/C14H20N4O/c1-10(2)8-18-14(16-9-17-18)7-13(19)12-4-5-15-11(3)6-12/h4-6,9-10,13,19H,7-8H2,1-3H3. The third-order valence-corrected chi connectivity index (χ3v) is 2.92. The summed E-state index contributed by atoms with van der Waals surface area (Å²) in [7, 11) is 0. The maximum absolute atomic E-state index is 10.3. The number of aliphatic hydroxyl groups excluding tert-OH is 1. The second-order valence-electron chi connectivity index (χ2n) is 5.20. The van der Waals surface area contributed by atoms with E-state index in [0.717, 1.165) is 23.6 Å². The van der Waals surface area contributed by atoms with Crippen molar-refractivity contribution in [3.05, 3.63) is 41.7 Å².